The summed E-state index contributed by atoms with van der Waals surface area (Å²) in [7, 11) is 0. The van der Waals surface area contributed by atoms with Crippen LogP contribution in [-0.2, 0) is 14.9 Å². The highest BCUT2D eigenvalue weighted by Gasteiger charge is 2.30. The molecule has 1 fully saturated rings. The molecule has 0 radical (unpaired) electrons. The van der Waals surface area contributed by atoms with Gasteiger partial charge < -0.3 is 9.64 Å². The lowest BCUT2D eigenvalue weighted by Crippen LogP contribution is -2.42. The summed E-state index contributed by atoms with van der Waals surface area (Å²) >= 11 is 1.40. The zero-order valence-electron chi connectivity index (χ0n) is 17.1. The van der Waals surface area contributed by atoms with Crippen molar-refractivity contribution in [2.24, 2.45) is 5.92 Å². The van der Waals surface area contributed by atoms with E-state index in [4.69, 9.17) is 4.74 Å². The molecule has 0 saturated carbocycles. The molecule has 2 aromatic rings. The molecular formula is C23H27NO4S. The number of nitrogens with zero attached hydrogens (tertiary/aromatic N) is 1. The minimum atomic E-state index is -0.409. The molecule has 2 heterocycles. The van der Waals surface area contributed by atoms with Crippen LogP contribution in [0.3, 0.4) is 0 Å². The number of hydrogen-bond donors (Lipinski definition) is 0. The molecule has 154 valence electrons. The lowest BCUT2D eigenvalue weighted by atomic mass is 9.86. The molecule has 1 aliphatic rings. The number of esters is 1. The second kappa shape index (κ2) is 8.91. The van der Waals surface area contributed by atoms with Gasteiger partial charge in [-0.25, -0.2) is 0 Å². The second-order valence-electron chi connectivity index (χ2n) is 8.43. The fraction of sp³-hybridized carbons (Fsp3) is 0.435. The van der Waals surface area contributed by atoms with E-state index in [1.807, 2.05) is 23.6 Å². The Bertz CT molecular complexity index is 865. The Balaban J connectivity index is 1.53. The fourth-order valence-electron chi connectivity index (χ4n) is 3.40. The first-order chi connectivity index (χ1) is 13.8. The number of ketones is 1. The van der Waals surface area contributed by atoms with Crippen LogP contribution in [0.2, 0.25) is 0 Å². The van der Waals surface area contributed by atoms with Crippen LogP contribution >= 0.6 is 11.3 Å². The van der Waals surface area contributed by atoms with Gasteiger partial charge in [-0.05, 0) is 35.3 Å². The van der Waals surface area contributed by atoms with E-state index in [0.29, 0.717) is 30.0 Å². The molecule has 1 atom stereocenters. The van der Waals surface area contributed by atoms with Gasteiger partial charge in [0.2, 0.25) is 0 Å². The lowest BCUT2D eigenvalue weighted by Gasteiger charge is -2.31. The van der Waals surface area contributed by atoms with Crippen molar-refractivity contribution in [3.05, 3.63) is 57.8 Å². The highest BCUT2D eigenvalue weighted by atomic mass is 32.1. The first-order valence-electron chi connectivity index (χ1n) is 9.89. The number of piperidine rings is 1. The molecule has 5 nitrogen and oxygen atoms in total. The van der Waals surface area contributed by atoms with Gasteiger partial charge in [-0.1, -0.05) is 51.1 Å². The second-order valence-corrected chi connectivity index (χ2v) is 9.37. The number of ether oxygens (including phenoxy) is 1. The first-order valence-corrected chi connectivity index (χ1v) is 10.8. The molecule has 0 N–H and O–H groups in total. The Morgan fingerprint density at radius 3 is 2.48 bits per heavy atom. The third-order valence-corrected chi connectivity index (χ3v) is 6.05. The molecular weight excluding hydrogens is 386 g/mol. The van der Waals surface area contributed by atoms with Gasteiger partial charge in [0.15, 0.2) is 12.4 Å². The van der Waals surface area contributed by atoms with Crippen molar-refractivity contribution in [1.82, 2.24) is 4.90 Å². The van der Waals surface area contributed by atoms with Crippen molar-refractivity contribution in [3.63, 3.8) is 0 Å². The number of hydrogen-bond acceptors (Lipinski definition) is 5. The van der Waals surface area contributed by atoms with Crippen LogP contribution in [0, 0.1) is 5.92 Å². The zero-order valence-corrected chi connectivity index (χ0v) is 18.0. The smallest absolute Gasteiger partial charge is 0.311 e. The lowest BCUT2D eigenvalue weighted by molar-refractivity contribution is -0.148. The van der Waals surface area contributed by atoms with E-state index in [9.17, 15) is 14.4 Å². The molecule has 6 heteroatoms. The van der Waals surface area contributed by atoms with E-state index in [1.165, 1.54) is 11.3 Å². The van der Waals surface area contributed by atoms with E-state index in [2.05, 4.69) is 20.8 Å². The van der Waals surface area contributed by atoms with E-state index in [1.54, 1.807) is 23.1 Å². The number of amides is 1. The van der Waals surface area contributed by atoms with Gasteiger partial charge in [0.05, 0.1) is 10.8 Å². The Kier molecular flexibility index (Phi) is 6.52. The number of Topliss-reactive ketones (excluding diaryl/α,β-unsaturated/α-hetero) is 1. The van der Waals surface area contributed by atoms with Gasteiger partial charge in [0.1, 0.15) is 0 Å². The minimum Gasteiger partial charge on any atom is -0.457 e. The van der Waals surface area contributed by atoms with Gasteiger partial charge in [0.25, 0.3) is 5.91 Å². The molecule has 0 aliphatic carbocycles. The molecule has 29 heavy (non-hydrogen) atoms. The number of carbonyl (C=O) groups is 3. The van der Waals surface area contributed by atoms with Crippen LogP contribution in [-0.4, -0.2) is 42.3 Å². The third kappa shape index (κ3) is 5.32. The first kappa shape index (κ1) is 21.2. The quantitative estimate of drug-likeness (QED) is 0.541. The summed E-state index contributed by atoms with van der Waals surface area (Å²) in [6.45, 7) is 7.04. The molecule has 1 unspecified atom stereocenters. The Morgan fingerprint density at radius 1 is 1.14 bits per heavy atom. The predicted octanol–water partition coefficient (Wildman–Crippen LogP) is 4.32. The van der Waals surface area contributed by atoms with Crippen molar-refractivity contribution in [2.45, 2.75) is 39.0 Å². The summed E-state index contributed by atoms with van der Waals surface area (Å²) in [6.07, 6.45) is 1.42. The largest absolute Gasteiger partial charge is 0.457 e. The normalized spacial score (nSPS) is 17.1. The monoisotopic (exact) mass is 413 g/mol. The highest BCUT2D eigenvalue weighted by Crippen LogP contribution is 2.23. The predicted molar refractivity (Wildman–Crippen MR) is 113 cm³/mol. The fourth-order valence-corrected chi connectivity index (χ4v) is 4.09. The van der Waals surface area contributed by atoms with Gasteiger partial charge in [-0.2, -0.15) is 0 Å². The van der Waals surface area contributed by atoms with Crippen molar-refractivity contribution in [2.75, 3.05) is 19.7 Å². The maximum absolute atomic E-state index is 12.5. The van der Waals surface area contributed by atoms with E-state index < -0.39 is 5.97 Å². The van der Waals surface area contributed by atoms with Crippen LogP contribution in [0.5, 0.6) is 0 Å². The Labute approximate surface area is 175 Å². The number of rotatable bonds is 5. The molecule has 3 rings (SSSR count). The molecule has 1 aliphatic heterocycles. The maximum Gasteiger partial charge on any atom is 0.311 e. The van der Waals surface area contributed by atoms with Crippen molar-refractivity contribution < 1.29 is 19.1 Å². The number of carbonyl (C=O) groups excluding carboxylic acids is 3. The Morgan fingerprint density at radius 2 is 1.86 bits per heavy atom. The summed E-state index contributed by atoms with van der Waals surface area (Å²) in [5, 5.41) is 1.86. The summed E-state index contributed by atoms with van der Waals surface area (Å²) in [6, 6.07) is 11.1. The van der Waals surface area contributed by atoms with Crippen LogP contribution in [0.15, 0.2) is 41.8 Å². The summed E-state index contributed by atoms with van der Waals surface area (Å²) < 4.78 is 5.29. The molecule has 1 aromatic carbocycles. The van der Waals surface area contributed by atoms with E-state index >= 15 is 0 Å². The third-order valence-electron chi connectivity index (χ3n) is 5.19. The summed E-state index contributed by atoms with van der Waals surface area (Å²) in [5.41, 5.74) is 1.69. The van der Waals surface area contributed by atoms with E-state index in [0.717, 1.165) is 12.0 Å². The van der Waals surface area contributed by atoms with Crippen molar-refractivity contribution in [1.29, 1.82) is 0 Å². The highest BCUT2D eigenvalue weighted by molar-refractivity contribution is 7.12. The molecule has 1 aromatic heterocycles. The summed E-state index contributed by atoms with van der Waals surface area (Å²) in [4.78, 5) is 39.7. The van der Waals surface area contributed by atoms with Gasteiger partial charge in [0, 0.05) is 18.7 Å². The van der Waals surface area contributed by atoms with Crippen LogP contribution in [0.25, 0.3) is 0 Å². The topological polar surface area (TPSA) is 63.7 Å². The van der Waals surface area contributed by atoms with Crippen LogP contribution in [0.1, 0.15) is 59.2 Å². The SMILES string of the molecule is CC(C)(C)c1ccc(C(=O)COC(=O)C2CCCN(C(=O)c3cccs3)C2)cc1. The van der Waals surface area contributed by atoms with Crippen LogP contribution in [0.4, 0.5) is 0 Å². The maximum atomic E-state index is 12.5. The van der Waals surface area contributed by atoms with Crippen molar-refractivity contribution >= 4 is 29.0 Å². The van der Waals surface area contributed by atoms with Gasteiger partial charge in [-0.3, -0.25) is 14.4 Å². The molecule has 1 saturated heterocycles. The summed E-state index contributed by atoms with van der Waals surface area (Å²) in [5.74, 6) is -1.06. The minimum absolute atomic E-state index is 0.0153. The molecule has 0 bridgehead atoms. The van der Waals surface area contributed by atoms with E-state index in [-0.39, 0.29) is 29.6 Å². The average Bonchev–Trinajstić information content (AvgIpc) is 3.25. The molecule has 0 spiro atoms. The number of thiophene rings is 1. The average molecular weight is 414 g/mol. The number of benzene rings is 1. The van der Waals surface area contributed by atoms with Gasteiger partial charge in [-0.15, -0.1) is 11.3 Å². The standard InChI is InChI=1S/C23H27NO4S/c1-23(2,3)18-10-8-16(9-11-18)19(25)15-28-22(27)17-6-4-12-24(14-17)21(26)20-7-5-13-29-20/h5,7-11,13,17H,4,6,12,14-15H2,1-3H3. The van der Waals surface area contributed by atoms with Gasteiger partial charge >= 0.3 is 5.97 Å². The van der Waals surface area contributed by atoms with Crippen LogP contribution < -0.4 is 0 Å². The number of likely N-dealkylation sites (tertiary alicyclic amines) is 1. The Hall–Kier alpha value is -2.47. The van der Waals surface area contributed by atoms with Crippen molar-refractivity contribution in [3.8, 4) is 0 Å². The zero-order chi connectivity index (χ0) is 21.0. The molecule has 1 amide bonds.